The summed E-state index contributed by atoms with van der Waals surface area (Å²) >= 11 is 0. The molecule has 0 bridgehead atoms. The minimum atomic E-state index is -1.12. The van der Waals surface area contributed by atoms with Crippen LogP contribution in [-0.4, -0.2) is 27.9 Å². The van der Waals surface area contributed by atoms with Gasteiger partial charge in [-0.2, -0.15) is 0 Å². The summed E-state index contributed by atoms with van der Waals surface area (Å²) in [4.78, 5) is 38.4. The van der Waals surface area contributed by atoms with Crippen LogP contribution in [0.15, 0.2) is 30.3 Å². The third-order valence-electron chi connectivity index (χ3n) is 3.59. The van der Waals surface area contributed by atoms with E-state index in [0.29, 0.717) is 17.5 Å². The number of amides is 2. The Hall–Kier alpha value is -2.76. The molecule has 1 fully saturated rings. The minimum absolute atomic E-state index is 0.0674. The summed E-state index contributed by atoms with van der Waals surface area (Å²) in [6, 6.07) is 8.45. The van der Waals surface area contributed by atoms with Crippen LogP contribution < -0.4 is 5.32 Å². The molecule has 1 saturated heterocycles. The van der Waals surface area contributed by atoms with Crippen LogP contribution >= 0.6 is 0 Å². The molecule has 6 nitrogen and oxygen atoms in total. The molecule has 1 atom stereocenters. The third kappa shape index (κ3) is 2.35. The normalized spacial score (nSPS) is 18.6. The van der Waals surface area contributed by atoms with Crippen LogP contribution in [0.3, 0.4) is 0 Å². The molecule has 106 valence electrons. The van der Waals surface area contributed by atoms with Crippen LogP contribution in [0.5, 0.6) is 0 Å². The molecular formula is C15H12N2O4. The van der Waals surface area contributed by atoms with E-state index >= 15 is 0 Å². The zero-order chi connectivity index (χ0) is 15.0. The average molecular weight is 284 g/mol. The molecule has 2 N–H and O–H groups in total. The fraction of sp³-hybridized carbons (Fsp3) is 0.200. The molecule has 2 aromatic rings. The van der Waals surface area contributed by atoms with Crippen molar-refractivity contribution in [3.8, 4) is 0 Å². The maximum absolute atomic E-state index is 12.0. The number of nitrogens with zero attached hydrogens (tertiary/aromatic N) is 1. The first-order chi connectivity index (χ1) is 10.1. The van der Waals surface area contributed by atoms with Crippen LogP contribution in [-0.2, 0) is 9.59 Å². The van der Waals surface area contributed by atoms with Crippen molar-refractivity contribution in [1.29, 1.82) is 0 Å². The van der Waals surface area contributed by atoms with Gasteiger partial charge in [0.05, 0.1) is 11.4 Å². The number of carbonyl (C=O) groups is 3. The van der Waals surface area contributed by atoms with Gasteiger partial charge in [0.15, 0.2) is 0 Å². The number of carboxylic acid groups (broad SMARTS) is 1. The Balaban J connectivity index is 2.13. The first kappa shape index (κ1) is 13.2. The summed E-state index contributed by atoms with van der Waals surface area (Å²) in [5, 5.41) is 12.1. The quantitative estimate of drug-likeness (QED) is 0.814. The van der Waals surface area contributed by atoms with Gasteiger partial charge >= 0.3 is 5.97 Å². The van der Waals surface area contributed by atoms with Crippen molar-refractivity contribution < 1.29 is 19.5 Å². The molecule has 0 saturated carbocycles. The lowest BCUT2D eigenvalue weighted by atomic mass is 9.89. The second kappa shape index (κ2) is 4.97. The Bertz CT molecular complexity index is 769. The number of nitrogens with one attached hydrogen (secondary N) is 1. The van der Waals surface area contributed by atoms with Crippen molar-refractivity contribution in [3.05, 3.63) is 41.6 Å². The fourth-order valence-corrected chi connectivity index (χ4v) is 2.56. The molecular weight excluding hydrogens is 272 g/mol. The summed E-state index contributed by atoms with van der Waals surface area (Å²) in [5.74, 6) is -2.24. The molecule has 2 heterocycles. The predicted octanol–water partition coefficient (Wildman–Crippen LogP) is 1.45. The van der Waals surface area contributed by atoms with Crippen LogP contribution in [0.1, 0.15) is 34.8 Å². The number of rotatable bonds is 2. The number of benzene rings is 1. The smallest absolute Gasteiger partial charge is 0.354 e. The number of imide groups is 1. The van der Waals surface area contributed by atoms with Crippen molar-refractivity contribution in [2.45, 2.75) is 18.8 Å². The Labute approximate surface area is 119 Å². The van der Waals surface area contributed by atoms with E-state index in [-0.39, 0.29) is 23.9 Å². The molecule has 1 aliphatic rings. The number of piperidine rings is 1. The van der Waals surface area contributed by atoms with Crippen LogP contribution in [0.4, 0.5) is 0 Å². The molecule has 3 rings (SSSR count). The molecule has 0 aliphatic carbocycles. The molecule has 2 amide bonds. The molecule has 0 radical (unpaired) electrons. The summed E-state index contributed by atoms with van der Waals surface area (Å²) in [6.07, 6.45) is 0.675. The summed E-state index contributed by atoms with van der Waals surface area (Å²) in [5.41, 5.74) is 1.08. The number of hydrogen-bond donors (Lipinski definition) is 2. The van der Waals surface area contributed by atoms with Gasteiger partial charge in [-0.05, 0) is 18.1 Å². The Morgan fingerprint density at radius 3 is 2.76 bits per heavy atom. The Morgan fingerprint density at radius 2 is 2.05 bits per heavy atom. The monoisotopic (exact) mass is 284 g/mol. The maximum Gasteiger partial charge on any atom is 0.354 e. The van der Waals surface area contributed by atoms with Crippen molar-refractivity contribution >= 4 is 28.7 Å². The van der Waals surface area contributed by atoms with E-state index < -0.39 is 11.9 Å². The van der Waals surface area contributed by atoms with Crippen LogP contribution in [0.2, 0.25) is 0 Å². The highest BCUT2D eigenvalue weighted by atomic mass is 16.4. The summed E-state index contributed by atoms with van der Waals surface area (Å²) in [7, 11) is 0. The van der Waals surface area contributed by atoms with Gasteiger partial charge in [0.2, 0.25) is 11.8 Å². The first-order valence-electron chi connectivity index (χ1n) is 6.53. The highest BCUT2D eigenvalue weighted by molar-refractivity contribution is 6.03. The standard InChI is InChI=1S/C15H12N2O4/c18-12-7-5-10(14(19)17-12)9-3-1-2-8-4-6-11(15(20)21)16-13(8)9/h1-4,6,10H,5,7H2,(H,20,21)(H,17,18,19). The van der Waals surface area contributed by atoms with E-state index in [4.69, 9.17) is 5.11 Å². The largest absolute Gasteiger partial charge is 0.477 e. The average Bonchev–Trinajstić information content (AvgIpc) is 2.46. The SMILES string of the molecule is O=C1CCC(c2cccc3ccc(C(=O)O)nc23)C(=O)N1. The number of para-hydroxylation sites is 1. The molecule has 21 heavy (non-hydrogen) atoms. The van der Waals surface area contributed by atoms with Gasteiger partial charge in [0.25, 0.3) is 0 Å². The Kier molecular flexibility index (Phi) is 3.13. The second-order valence-electron chi connectivity index (χ2n) is 4.92. The summed E-state index contributed by atoms with van der Waals surface area (Å²) in [6.45, 7) is 0. The molecule has 0 spiro atoms. The Morgan fingerprint density at radius 1 is 1.24 bits per heavy atom. The number of fused-ring (bicyclic) bond motifs is 1. The van der Waals surface area contributed by atoms with Gasteiger partial charge < -0.3 is 5.11 Å². The number of aromatic nitrogens is 1. The van der Waals surface area contributed by atoms with Crippen molar-refractivity contribution in [2.24, 2.45) is 0 Å². The zero-order valence-corrected chi connectivity index (χ0v) is 11.0. The third-order valence-corrected chi connectivity index (χ3v) is 3.59. The minimum Gasteiger partial charge on any atom is -0.477 e. The van der Waals surface area contributed by atoms with E-state index in [0.717, 1.165) is 5.39 Å². The number of pyridine rings is 1. The molecule has 1 aromatic carbocycles. The summed E-state index contributed by atoms with van der Waals surface area (Å²) < 4.78 is 0. The maximum atomic E-state index is 12.0. The van der Waals surface area contributed by atoms with Gasteiger partial charge in [0.1, 0.15) is 5.69 Å². The molecule has 1 unspecified atom stereocenters. The van der Waals surface area contributed by atoms with Gasteiger partial charge in [-0.1, -0.05) is 24.3 Å². The number of aromatic carboxylic acids is 1. The lowest BCUT2D eigenvalue weighted by Crippen LogP contribution is -2.39. The van der Waals surface area contributed by atoms with Crippen molar-refractivity contribution in [3.63, 3.8) is 0 Å². The predicted molar refractivity (Wildman–Crippen MR) is 73.8 cm³/mol. The zero-order valence-electron chi connectivity index (χ0n) is 11.0. The van der Waals surface area contributed by atoms with Crippen molar-refractivity contribution in [1.82, 2.24) is 10.3 Å². The van der Waals surface area contributed by atoms with Gasteiger partial charge in [-0.3, -0.25) is 14.9 Å². The highest BCUT2D eigenvalue weighted by Crippen LogP contribution is 2.30. The van der Waals surface area contributed by atoms with E-state index in [2.05, 4.69) is 10.3 Å². The van der Waals surface area contributed by atoms with E-state index in [1.807, 2.05) is 6.07 Å². The van der Waals surface area contributed by atoms with E-state index in [1.165, 1.54) is 6.07 Å². The van der Waals surface area contributed by atoms with Gasteiger partial charge in [-0.15, -0.1) is 0 Å². The number of carbonyl (C=O) groups excluding carboxylic acids is 2. The second-order valence-corrected chi connectivity index (χ2v) is 4.92. The number of hydrogen-bond acceptors (Lipinski definition) is 4. The fourth-order valence-electron chi connectivity index (χ4n) is 2.56. The molecule has 1 aliphatic heterocycles. The van der Waals surface area contributed by atoms with Gasteiger partial charge in [0, 0.05) is 11.8 Å². The van der Waals surface area contributed by atoms with Crippen LogP contribution in [0.25, 0.3) is 10.9 Å². The van der Waals surface area contributed by atoms with Gasteiger partial charge in [-0.25, -0.2) is 9.78 Å². The first-order valence-corrected chi connectivity index (χ1v) is 6.53. The number of carboxylic acids is 1. The van der Waals surface area contributed by atoms with E-state index in [9.17, 15) is 14.4 Å². The topological polar surface area (TPSA) is 96.4 Å². The highest BCUT2D eigenvalue weighted by Gasteiger charge is 2.29. The lowest BCUT2D eigenvalue weighted by molar-refractivity contribution is -0.134. The van der Waals surface area contributed by atoms with Crippen LogP contribution in [0, 0.1) is 0 Å². The molecule has 6 heteroatoms. The lowest BCUT2D eigenvalue weighted by Gasteiger charge is -2.22. The van der Waals surface area contributed by atoms with E-state index in [1.54, 1.807) is 18.2 Å². The van der Waals surface area contributed by atoms with Crippen molar-refractivity contribution in [2.75, 3.05) is 0 Å². The molecule has 1 aromatic heterocycles.